The molecule has 0 saturated heterocycles. The van der Waals surface area contributed by atoms with Gasteiger partial charge in [0.05, 0.1) is 27.8 Å². The summed E-state index contributed by atoms with van der Waals surface area (Å²) in [7, 11) is 0. The lowest BCUT2D eigenvalue weighted by atomic mass is 10.2. The molecule has 2 aromatic heterocycles. The normalized spacial score (nSPS) is 10.6. The third kappa shape index (κ3) is 4.60. The molecular weight excluding hydrogens is 336 g/mol. The molecule has 2 amide bonds. The van der Waals surface area contributed by atoms with Crippen LogP contribution in [0.15, 0.2) is 42.6 Å². The van der Waals surface area contributed by atoms with Gasteiger partial charge in [0.15, 0.2) is 0 Å². The van der Waals surface area contributed by atoms with Crippen LogP contribution < -0.4 is 10.6 Å². The molecule has 128 valence electrons. The van der Waals surface area contributed by atoms with Crippen LogP contribution in [0.2, 0.25) is 0 Å². The zero-order chi connectivity index (χ0) is 17.6. The number of nitrogens with one attached hydrogen (secondary N) is 2. The fourth-order valence-corrected chi connectivity index (χ4v) is 3.26. The summed E-state index contributed by atoms with van der Waals surface area (Å²) in [6.07, 6.45) is 2.58. The highest BCUT2D eigenvalue weighted by Crippen LogP contribution is 2.29. The maximum atomic E-state index is 11.9. The lowest BCUT2D eigenvalue weighted by molar-refractivity contribution is -0.119. The second kappa shape index (κ2) is 7.85. The van der Waals surface area contributed by atoms with Crippen LogP contribution in [0, 0.1) is 0 Å². The summed E-state index contributed by atoms with van der Waals surface area (Å²) >= 11 is 1.59. The van der Waals surface area contributed by atoms with E-state index >= 15 is 0 Å². The Bertz CT molecular complexity index is 856. The minimum atomic E-state index is -0.0973. The highest BCUT2D eigenvalue weighted by molar-refractivity contribution is 7.21. The van der Waals surface area contributed by atoms with E-state index in [0.29, 0.717) is 25.1 Å². The number of hydrogen-bond acceptors (Lipinski definition) is 5. The summed E-state index contributed by atoms with van der Waals surface area (Å²) < 4.78 is 1.12. The number of thiazole rings is 1. The van der Waals surface area contributed by atoms with Gasteiger partial charge in [-0.3, -0.25) is 14.6 Å². The van der Waals surface area contributed by atoms with Gasteiger partial charge >= 0.3 is 0 Å². The van der Waals surface area contributed by atoms with Crippen molar-refractivity contribution in [2.75, 3.05) is 11.9 Å². The van der Waals surface area contributed by atoms with Gasteiger partial charge in [0.25, 0.3) is 0 Å². The SMILES string of the molecule is CC(=O)NCCCC(=O)Nc1ccc(-c2nc3ccccc3s2)nc1. The molecule has 1 aromatic carbocycles. The second-order valence-corrected chi connectivity index (χ2v) is 6.58. The Hall–Kier alpha value is -2.80. The Balaban J connectivity index is 1.58. The molecule has 3 aromatic rings. The predicted octanol–water partition coefficient (Wildman–Crippen LogP) is 3.21. The molecule has 2 heterocycles. The van der Waals surface area contributed by atoms with Crippen molar-refractivity contribution in [3.05, 3.63) is 42.6 Å². The second-order valence-electron chi connectivity index (χ2n) is 5.55. The average Bonchev–Trinajstić information content (AvgIpc) is 3.03. The average molecular weight is 354 g/mol. The molecule has 25 heavy (non-hydrogen) atoms. The van der Waals surface area contributed by atoms with Gasteiger partial charge in [-0.2, -0.15) is 0 Å². The van der Waals surface area contributed by atoms with Gasteiger partial charge in [0.1, 0.15) is 5.01 Å². The number of anilines is 1. The van der Waals surface area contributed by atoms with Crippen molar-refractivity contribution >= 4 is 39.1 Å². The number of carbonyl (C=O) groups excluding carboxylic acids is 2. The lowest BCUT2D eigenvalue weighted by Gasteiger charge is -2.05. The van der Waals surface area contributed by atoms with Crippen LogP contribution in [0.25, 0.3) is 20.9 Å². The van der Waals surface area contributed by atoms with E-state index in [9.17, 15) is 9.59 Å². The number of para-hydroxylation sites is 1. The van der Waals surface area contributed by atoms with Crippen molar-refractivity contribution in [2.24, 2.45) is 0 Å². The number of hydrogen-bond donors (Lipinski definition) is 2. The van der Waals surface area contributed by atoms with E-state index in [0.717, 1.165) is 20.9 Å². The molecular formula is C18H18N4O2S. The van der Waals surface area contributed by atoms with Crippen LogP contribution in [-0.2, 0) is 9.59 Å². The molecule has 2 N–H and O–H groups in total. The van der Waals surface area contributed by atoms with Crippen molar-refractivity contribution in [1.82, 2.24) is 15.3 Å². The first-order valence-corrected chi connectivity index (χ1v) is 8.80. The Morgan fingerprint density at radius 1 is 1.16 bits per heavy atom. The van der Waals surface area contributed by atoms with Gasteiger partial charge in [-0.15, -0.1) is 11.3 Å². The van der Waals surface area contributed by atoms with E-state index < -0.39 is 0 Å². The van der Waals surface area contributed by atoms with E-state index in [1.54, 1.807) is 17.5 Å². The van der Waals surface area contributed by atoms with E-state index in [4.69, 9.17) is 0 Å². The Morgan fingerprint density at radius 3 is 2.72 bits per heavy atom. The number of fused-ring (bicyclic) bond motifs is 1. The number of pyridine rings is 1. The third-order valence-electron chi connectivity index (χ3n) is 3.51. The predicted molar refractivity (Wildman–Crippen MR) is 99.4 cm³/mol. The Kier molecular flexibility index (Phi) is 5.35. The standard InChI is InChI=1S/C18H18N4O2S/c1-12(23)19-10-4-7-17(24)21-13-8-9-15(20-11-13)18-22-14-5-2-3-6-16(14)25-18/h2-3,5-6,8-9,11H,4,7,10H2,1H3,(H,19,23)(H,21,24). The zero-order valence-corrected chi connectivity index (χ0v) is 14.6. The molecule has 0 unspecified atom stereocenters. The minimum Gasteiger partial charge on any atom is -0.356 e. The maximum absolute atomic E-state index is 11.9. The van der Waals surface area contributed by atoms with Crippen molar-refractivity contribution in [1.29, 1.82) is 0 Å². The number of carbonyl (C=O) groups is 2. The number of nitrogens with zero attached hydrogens (tertiary/aromatic N) is 2. The van der Waals surface area contributed by atoms with Crippen LogP contribution in [-0.4, -0.2) is 28.3 Å². The van der Waals surface area contributed by atoms with Gasteiger partial charge in [0.2, 0.25) is 11.8 Å². The van der Waals surface area contributed by atoms with E-state index in [1.165, 1.54) is 6.92 Å². The van der Waals surface area contributed by atoms with Crippen LogP contribution in [0.3, 0.4) is 0 Å². The van der Waals surface area contributed by atoms with Crippen molar-refractivity contribution in [3.63, 3.8) is 0 Å². The summed E-state index contributed by atoms with van der Waals surface area (Å²) in [5.41, 5.74) is 2.39. The fraction of sp³-hybridized carbons (Fsp3) is 0.222. The largest absolute Gasteiger partial charge is 0.356 e. The first kappa shape index (κ1) is 17.0. The van der Waals surface area contributed by atoms with Gasteiger partial charge in [-0.1, -0.05) is 12.1 Å². The quantitative estimate of drug-likeness (QED) is 0.666. The number of aromatic nitrogens is 2. The van der Waals surface area contributed by atoms with Crippen LogP contribution in [0.4, 0.5) is 5.69 Å². The Morgan fingerprint density at radius 2 is 2.00 bits per heavy atom. The molecule has 0 spiro atoms. The molecule has 0 aliphatic carbocycles. The minimum absolute atomic E-state index is 0.0879. The first-order valence-electron chi connectivity index (χ1n) is 7.98. The molecule has 0 atom stereocenters. The number of rotatable bonds is 6. The van der Waals surface area contributed by atoms with Crippen LogP contribution in [0.5, 0.6) is 0 Å². The molecule has 0 fully saturated rings. The van der Waals surface area contributed by atoms with Gasteiger partial charge in [0, 0.05) is 19.9 Å². The maximum Gasteiger partial charge on any atom is 0.224 e. The van der Waals surface area contributed by atoms with Crippen molar-refractivity contribution in [3.8, 4) is 10.7 Å². The highest BCUT2D eigenvalue weighted by atomic mass is 32.1. The fourth-order valence-electron chi connectivity index (χ4n) is 2.31. The molecule has 0 aliphatic heterocycles. The molecule has 6 nitrogen and oxygen atoms in total. The Labute approximate surface area is 149 Å². The van der Waals surface area contributed by atoms with Crippen LogP contribution >= 0.6 is 11.3 Å². The summed E-state index contributed by atoms with van der Waals surface area (Å²) in [4.78, 5) is 31.6. The molecule has 0 aliphatic rings. The first-order chi connectivity index (χ1) is 12.1. The molecule has 7 heteroatoms. The summed E-state index contributed by atoms with van der Waals surface area (Å²) in [6, 6.07) is 11.6. The van der Waals surface area contributed by atoms with Crippen molar-refractivity contribution in [2.45, 2.75) is 19.8 Å². The smallest absolute Gasteiger partial charge is 0.224 e. The van der Waals surface area contributed by atoms with E-state index in [2.05, 4.69) is 20.6 Å². The topological polar surface area (TPSA) is 84.0 Å². The third-order valence-corrected chi connectivity index (χ3v) is 4.57. The lowest BCUT2D eigenvalue weighted by Crippen LogP contribution is -2.22. The summed E-state index contributed by atoms with van der Waals surface area (Å²) in [5.74, 6) is -0.185. The zero-order valence-electron chi connectivity index (χ0n) is 13.8. The van der Waals surface area contributed by atoms with Crippen molar-refractivity contribution < 1.29 is 9.59 Å². The van der Waals surface area contributed by atoms with E-state index in [1.807, 2.05) is 36.4 Å². The molecule has 3 rings (SSSR count). The molecule has 0 saturated carbocycles. The van der Waals surface area contributed by atoms with Gasteiger partial charge < -0.3 is 10.6 Å². The molecule has 0 radical (unpaired) electrons. The summed E-state index contributed by atoms with van der Waals surface area (Å²) in [5, 5.41) is 6.32. The monoisotopic (exact) mass is 354 g/mol. The van der Waals surface area contributed by atoms with Gasteiger partial charge in [-0.05, 0) is 30.7 Å². The highest BCUT2D eigenvalue weighted by Gasteiger charge is 2.08. The van der Waals surface area contributed by atoms with E-state index in [-0.39, 0.29) is 11.8 Å². The number of amides is 2. The van der Waals surface area contributed by atoms with Gasteiger partial charge in [-0.25, -0.2) is 4.98 Å². The molecule has 0 bridgehead atoms. The number of benzene rings is 1. The summed E-state index contributed by atoms with van der Waals surface area (Å²) in [6.45, 7) is 1.95. The van der Waals surface area contributed by atoms with Crippen LogP contribution in [0.1, 0.15) is 19.8 Å².